The highest BCUT2D eigenvalue weighted by atomic mass is 16.6. The summed E-state index contributed by atoms with van der Waals surface area (Å²) >= 11 is 0. The fraction of sp³-hybridized carbons (Fsp3) is 0.222. The number of aliphatic hydroxyl groups is 1. The number of ether oxygens (including phenoxy) is 2. The molecule has 2 aromatic carbocycles. The standard InChI is InChI=1S/C18H18O5/c1-2-22-17(20)18(21,14-9-5-3-6-10-14)13-16(19)23-15-11-7-4-8-12-15/h3-12,21H,2,13H2,1H3/t18-/m0/s1. The zero-order valence-electron chi connectivity index (χ0n) is 12.8. The molecule has 0 aliphatic rings. The van der Waals surface area contributed by atoms with Gasteiger partial charge in [-0.3, -0.25) is 4.79 Å². The first kappa shape index (κ1) is 16.7. The molecule has 0 heterocycles. The smallest absolute Gasteiger partial charge is 0.343 e. The molecule has 0 radical (unpaired) electrons. The highest BCUT2D eigenvalue weighted by molar-refractivity contribution is 5.87. The Morgan fingerprint density at radius 2 is 1.57 bits per heavy atom. The largest absolute Gasteiger partial charge is 0.464 e. The van der Waals surface area contributed by atoms with Gasteiger partial charge in [0.15, 0.2) is 5.60 Å². The average Bonchev–Trinajstić information content (AvgIpc) is 2.56. The lowest BCUT2D eigenvalue weighted by Gasteiger charge is -2.25. The van der Waals surface area contributed by atoms with Crippen LogP contribution in [0.5, 0.6) is 5.75 Å². The number of hydrogen-bond acceptors (Lipinski definition) is 5. The van der Waals surface area contributed by atoms with Crippen LogP contribution >= 0.6 is 0 Å². The molecule has 2 aromatic rings. The maximum Gasteiger partial charge on any atom is 0.343 e. The molecule has 0 saturated carbocycles. The van der Waals surface area contributed by atoms with Gasteiger partial charge in [-0.2, -0.15) is 0 Å². The van der Waals surface area contributed by atoms with Gasteiger partial charge in [-0.1, -0.05) is 48.5 Å². The van der Waals surface area contributed by atoms with Crippen molar-refractivity contribution in [2.24, 2.45) is 0 Å². The highest BCUT2D eigenvalue weighted by Crippen LogP contribution is 2.27. The van der Waals surface area contributed by atoms with Gasteiger partial charge in [0.05, 0.1) is 13.0 Å². The van der Waals surface area contributed by atoms with Crippen molar-refractivity contribution in [3.05, 3.63) is 66.2 Å². The van der Waals surface area contributed by atoms with Crippen molar-refractivity contribution in [1.82, 2.24) is 0 Å². The first-order valence-corrected chi connectivity index (χ1v) is 7.27. The predicted octanol–water partition coefficient (Wildman–Crippen LogP) is 2.43. The van der Waals surface area contributed by atoms with Crippen LogP contribution in [-0.2, 0) is 19.9 Å². The van der Waals surface area contributed by atoms with Crippen molar-refractivity contribution in [2.75, 3.05) is 6.61 Å². The summed E-state index contributed by atoms with van der Waals surface area (Å²) in [6.45, 7) is 1.73. The van der Waals surface area contributed by atoms with E-state index in [2.05, 4.69) is 0 Å². The van der Waals surface area contributed by atoms with Crippen LogP contribution in [0.25, 0.3) is 0 Å². The summed E-state index contributed by atoms with van der Waals surface area (Å²) in [6.07, 6.45) is -0.537. The first-order valence-electron chi connectivity index (χ1n) is 7.27. The van der Waals surface area contributed by atoms with Crippen molar-refractivity contribution in [3.63, 3.8) is 0 Å². The van der Waals surface area contributed by atoms with Crippen LogP contribution in [0.4, 0.5) is 0 Å². The highest BCUT2D eigenvalue weighted by Gasteiger charge is 2.42. The number of hydrogen-bond donors (Lipinski definition) is 1. The van der Waals surface area contributed by atoms with E-state index in [0.717, 1.165) is 0 Å². The van der Waals surface area contributed by atoms with E-state index in [1.165, 1.54) is 0 Å². The summed E-state index contributed by atoms with van der Waals surface area (Å²) in [5.74, 6) is -1.26. The summed E-state index contributed by atoms with van der Waals surface area (Å²) in [6, 6.07) is 16.7. The summed E-state index contributed by atoms with van der Waals surface area (Å²) in [4.78, 5) is 24.3. The van der Waals surface area contributed by atoms with Gasteiger partial charge in [0, 0.05) is 0 Å². The van der Waals surface area contributed by atoms with Gasteiger partial charge in [0.1, 0.15) is 5.75 Å². The van der Waals surface area contributed by atoms with Crippen LogP contribution < -0.4 is 4.74 Å². The third-order valence-corrected chi connectivity index (χ3v) is 3.24. The van der Waals surface area contributed by atoms with Crippen molar-refractivity contribution < 1.29 is 24.2 Å². The van der Waals surface area contributed by atoms with E-state index in [9.17, 15) is 14.7 Å². The first-order chi connectivity index (χ1) is 11.1. The number of carbonyl (C=O) groups excluding carboxylic acids is 2. The molecule has 0 unspecified atom stereocenters. The van der Waals surface area contributed by atoms with Crippen LogP contribution in [0, 0.1) is 0 Å². The molecule has 23 heavy (non-hydrogen) atoms. The normalized spacial score (nSPS) is 13.0. The van der Waals surface area contributed by atoms with Gasteiger partial charge in [0.2, 0.25) is 0 Å². The van der Waals surface area contributed by atoms with Crippen LogP contribution in [0.1, 0.15) is 18.9 Å². The molecule has 0 aliphatic carbocycles. The minimum absolute atomic E-state index is 0.0989. The molecule has 5 heteroatoms. The van der Waals surface area contributed by atoms with E-state index < -0.39 is 24.0 Å². The van der Waals surface area contributed by atoms with Crippen molar-refractivity contribution in [1.29, 1.82) is 0 Å². The van der Waals surface area contributed by atoms with E-state index >= 15 is 0 Å². The van der Waals surface area contributed by atoms with Crippen molar-refractivity contribution in [3.8, 4) is 5.75 Å². The van der Waals surface area contributed by atoms with Gasteiger partial charge >= 0.3 is 11.9 Å². The second-order valence-electron chi connectivity index (χ2n) is 4.91. The van der Waals surface area contributed by atoms with E-state index in [1.807, 2.05) is 0 Å². The van der Waals surface area contributed by atoms with Crippen LogP contribution in [0.15, 0.2) is 60.7 Å². The molecule has 1 N–H and O–H groups in total. The minimum Gasteiger partial charge on any atom is -0.464 e. The zero-order chi connectivity index (χ0) is 16.7. The van der Waals surface area contributed by atoms with Crippen LogP contribution in [0.3, 0.4) is 0 Å². The Kier molecular flexibility index (Phi) is 5.49. The molecule has 120 valence electrons. The van der Waals surface area contributed by atoms with Crippen LogP contribution in [0.2, 0.25) is 0 Å². The van der Waals surface area contributed by atoms with Gasteiger partial charge in [-0.05, 0) is 24.6 Å². The Morgan fingerprint density at radius 1 is 1.00 bits per heavy atom. The summed E-state index contributed by atoms with van der Waals surface area (Å²) < 4.78 is 10.1. The lowest BCUT2D eigenvalue weighted by atomic mass is 9.90. The fourth-order valence-electron chi connectivity index (χ4n) is 2.12. The number of esters is 2. The van der Waals surface area contributed by atoms with Gasteiger partial charge in [0.25, 0.3) is 0 Å². The molecule has 0 bridgehead atoms. The number of rotatable bonds is 6. The molecular formula is C18H18O5. The predicted molar refractivity (Wildman–Crippen MR) is 83.7 cm³/mol. The van der Waals surface area contributed by atoms with E-state index in [4.69, 9.17) is 9.47 Å². The molecule has 0 saturated heterocycles. The van der Waals surface area contributed by atoms with E-state index in [1.54, 1.807) is 67.6 Å². The number of benzene rings is 2. The zero-order valence-corrected chi connectivity index (χ0v) is 12.8. The molecule has 0 fully saturated rings. The molecule has 2 rings (SSSR count). The summed E-state index contributed by atoms with van der Waals surface area (Å²) in [5, 5.41) is 10.8. The Hall–Kier alpha value is -2.66. The molecule has 1 atom stereocenters. The summed E-state index contributed by atoms with van der Waals surface area (Å²) in [7, 11) is 0. The SMILES string of the molecule is CCOC(=O)[C@](O)(CC(=O)Oc1ccccc1)c1ccccc1. The Balaban J connectivity index is 2.21. The lowest BCUT2D eigenvalue weighted by molar-refractivity contribution is -0.171. The Labute approximate surface area is 134 Å². The quantitative estimate of drug-likeness (QED) is 0.655. The van der Waals surface area contributed by atoms with Crippen LogP contribution in [-0.4, -0.2) is 23.7 Å². The molecule has 0 aromatic heterocycles. The summed E-state index contributed by atoms with van der Waals surface area (Å²) in [5.41, 5.74) is -1.80. The monoisotopic (exact) mass is 314 g/mol. The maximum absolute atomic E-state index is 12.2. The van der Waals surface area contributed by atoms with Gasteiger partial charge in [-0.25, -0.2) is 4.79 Å². The van der Waals surface area contributed by atoms with Gasteiger partial charge in [-0.15, -0.1) is 0 Å². The number of carbonyl (C=O) groups is 2. The third-order valence-electron chi connectivity index (χ3n) is 3.24. The second-order valence-corrected chi connectivity index (χ2v) is 4.91. The third kappa shape index (κ3) is 4.17. The molecule has 0 spiro atoms. The minimum atomic E-state index is -2.08. The molecule has 0 aliphatic heterocycles. The maximum atomic E-state index is 12.2. The lowest BCUT2D eigenvalue weighted by Crippen LogP contribution is -2.40. The number of para-hydroxylation sites is 1. The Bertz CT molecular complexity index is 654. The van der Waals surface area contributed by atoms with E-state index in [-0.39, 0.29) is 12.2 Å². The fourth-order valence-corrected chi connectivity index (χ4v) is 2.12. The Morgan fingerprint density at radius 3 is 2.13 bits per heavy atom. The van der Waals surface area contributed by atoms with Crippen molar-refractivity contribution in [2.45, 2.75) is 18.9 Å². The van der Waals surface area contributed by atoms with Gasteiger partial charge < -0.3 is 14.6 Å². The van der Waals surface area contributed by atoms with Crippen molar-refractivity contribution >= 4 is 11.9 Å². The molecule has 0 amide bonds. The second kappa shape index (κ2) is 7.56. The topological polar surface area (TPSA) is 72.8 Å². The van der Waals surface area contributed by atoms with E-state index in [0.29, 0.717) is 5.75 Å². The average molecular weight is 314 g/mol. The molecule has 5 nitrogen and oxygen atoms in total. The molecular weight excluding hydrogens is 296 g/mol.